The molecule has 0 spiro atoms. The molecule has 0 aromatic carbocycles. The lowest BCUT2D eigenvalue weighted by Crippen LogP contribution is -2.08. The van der Waals surface area contributed by atoms with Crippen molar-refractivity contribution < 1.29 is 4.39 Å². The van der Waals surface area contributed by atoms with Gasteiger partial charge in [0.1, 0.15) is 25.2 Å². The highest BCUT2D eigenvalue weighted by atomic mass is 19.1. The second-order valence-corrected chi connectivity index (χ2v) is 3.12. The summed E-state index contributed by atoms with van der Waals surface area (Å²) in [5, 5.41) is 3.51. The molecule has 0 saturated carbocycles. The molecule has 0 fully saturated rings. The van der Waals surface area contributed by atoms with Crippen LogP contribution in [0, 0.1) is 0 Å². The number of hydrogen-bond acceptors (Lipinski definition) is 4. The molecule has 0 aliphatic heterocycles. The van der Waals surface area contributed by atoms with Crippen molar-refractivity contribution in [2.45, 2.75) is 6.32 Å². The molecule has 90 valence electrons. The fraction of sp³-hybridized carbons (Fsp3) is 0.0909. The second kappa shape index (κ2) is 8.09. The number of aliphatic imine (C=N–C) groups is 1. The molecule has 0 atom stereocenters. The quantitative estimate of drug-likeness (QED) is 0.234. The Morgan fingerprint density at radius 3 is 2.47 bits per heavy atom. The smallest absolute Gasteiger partial charge is 0.116 e. The first kappa shape index (κ1) is 14.9. The SMILES string of the molecule is BC\C=C/C(=C\C(=C)F)C(/C=N\C(=C)N)=N\N. The van der Waals surface area contributed by atoms with Crippen LogP contribution in [-0.2, 0) is 0 Å². The third kappa shape index (κ3) is 6.89. The molecule has 0 aliphatic rings. The van der Waals surface area contributed by atoms with Crippen LogP contribution in [0.3, 0.4) is 0 Å². The molecule has 0 unspecified atom stereocenters. The number of nitrogens with zero attached hydrogens (tertiary/aromatic N) is 2. The normalized spacial score (nSPS) is 13.5. The van der Waals surface area contributed by atoms with Crippen molar-refractivity contribution in [2.75, 3.05) is 0 Å². The van der Waals surface area contributed by atoms with Crippen molar-refractivity contribution in [1.29, 1.82) is 0 Å². The first-order valence-electron chi connectivity index (χ1n) is 5.00. The van der Waals surface area contributed by atoms with Crippen LogP contribution in [0.1, 0.15) is 0 Å². The second-order valence-electron chi connectivity index (χ2n) is 3.12. The Kier molecular flexibility index (Phi) is 7.09. The molecule has 0 aromatic heterocycles. The predicted molar refractivity (Wildman–Crippen MR) is 74.3 cm³/mol. The highest BCUT2D eigenvalue weighted by molar-refractivity contribution is 6.39. The number of halogens is 1. The molecule has 0 radical (unpaired) electrons. The number of hydrazone groups is 1. The van der Waals surface area contributed by atoms with Gasteiger partial charge in [0.25, 0.3) is 0 Å². The average Bonchev–Trinajstić information content (AvgIpc) is 2.25. The zero-order chi connectivity index (χ0) is 13.3. The van der Waals surface area contributed by atoms with Gasteiger partial charge < -0.3 is 11.6 Å². The fourth-order valence-corrected chi connectivity index (χ4v) is 0.947. The van der Waals surface area contributed by atoms with Crippen LogP contribution in [0.25, 0.3) is 0 Å². The van der Waals surface area contributed by atoms with E-state index in [-0.39, 0.29) is 5.82 Å². The summed E-state index contributed by atoms with van der Waals surface area (Å²) in [6.07, 6.45) is 6.85. The largest absolute Gasteiger partial charge is 0.384 e. The Bertz CT molecular complexity index is 408. The van der Waals surface area contributed by atoms with Crippen LogP contribution in [-0.4, -0.2) is 19.8 Å². The van der Waals surface area contributed by atoms with Gasteiger partial charge in [-0.05, 0) is 6.08 Å². The van der Waals surface area contributed by atoms with Crippen molar-refractivity contribution in [3.8, 4) is 0 Å². The average molecular weight is 234 g/mol. The molecule has 0 aromatic rings. The lowest BCUT2D eigenvalue weighted by Gasteiger charge is -2.00. The molecular weight excluding hydrogens is 218 g/mol. The summed E-state index contributed by atoms with van der Waals surface area (Å²) in [6, 6.07) is 0. The highest BCUT2D eigenvalue weighted by Crippen LogP contribution is 2.06. The summed E-state index contributed by atoms with van der Waals surface area (Å²) >= 11 is 0. The molecule has 0 heterocycles. The number of rotatable bonds is 6. The summed E-state index contributed by atoms with van der Waals surface area (Å²) < 4.78 is 12.8. The zero-order valence-corrected chi connectivity index (χ0v) is 9.86. The van der Waals surface area contributed by atoms with E-state index in [0.29, 0.717) is 11.3 Å². The molecule has 0 rings (SSSR count). The standard InChI is InChI=1S/C11H16BFN4/c1-8(13)6-10(4-3-5-12)11(17-15)7-16-9(2)14/h3-4,6-7H,1-2,5,12,14-15H2/b4-3-,10-6+,16-7-,17-11-. The molecule has 0 bridgehead atoms. The van der Waals surface area contributed by atoms with E-state index < -0.39 is 5.83 Å². The molecule has 17 heavy (non-hydrogen) atoms. The molecule has 0 saturated heterocycles. The Morgan fingerprint density at radius 1 is 1.41 bits per heavy atom. The summed E-state index contributed by atoms with van der Waals surface area (Å²) in [5.41, 5.74) is 6.04. The predicted octanol–water partition coefficient (Wildman–Crippen LogP) is 0.819. The van der Waals surface area contributed by atoms with Gasteiger partial charge >= 0.3 is 0 Å². The van der Waals surface area contributed by atoms with E-state index in [9.17, 15) is 4.39 Å². The van der Waals surface area contributed by atoms with Gasteiger partial charge in [-0.2, -0.15) is 5.10 Å². The fourth-order valence-electron chi connectivity index (χ4n) is 0.947. The monoisotopic (exact) mass is 234 g/mol. The maximum Gasteiger partial charge on any atom is 0.116 e. The summed E-state index contributed by atoms with van der Waals surface area (Å²) in [6.45, 7) is 6.55. The number of nitrogens with two attached hydrogens (primary N) is 2. The van der Waals surface area contributed by atoms with Gasteiger partial charge in [-0.15, -0.1) is 0 Å². The Labute approximate surface area is 101 Å². The third-order valence-electron chi connectivity index (χ3n) is 1.63. The van der Waals surface area contributed by atoms with Gasteiger partial charge in [0.05, 0.1) is 6.21 Å². The third-order valence-corrected chi connectivity index (χ3v) is 1.63. The molecular formula is C11H16BFN4. The van der Waals surface area contributed by atoms with Crippen molar-refractivity contribution in [3.63, 3.8) is 0 Å². The first-order chi connectivity index (χ1) is 8.01. The van der Waals surface area contributed by atoms with E-state index in [1.807, 2.05) is 13.9 Å². The van der Waals surface area contributed by atoms with E-state index in [2.05, 4.69) is 23.3 Å². The lowest BCUT2D eigenvalue weighted by molar-refractivity contribution is 0.671. The number of allylic oxidation sites excluding steroid dienone is 5. The summed E-state index contributed by atoms with van der Waals surface area (Å²) in [7, 11) is 1.95. The van der Waals surface area contributed by atoms with E-state index in [4.69, 9.17) is 11.6 Å². The molecule has 4 N–H and O–H groups in total. The minimum absolute atomic E-state index is 0.115. The van der Waals surface area contributed by atoms with Crippen LogP contribution in [0.5, 0.6) is 0 Å². The minimum Gasteiger partial charge on any atom is -0.384 e. The topological polar surface area (TPSA) is 76.8 Å². The van der Waals surface area contributed by atoms with Gasteiger partial charge in [-0.25, -0.2) is 9.38 Å². The molecule has 0 amide bonds. The van der Waals surface area contributed by atoms with Gasteiger partial charge in [0.15, 0.2) is 0 Å². The van der Waals surface area contributed by atoms with E-state index >= 15 is 0 Å². The van der Waals surface area contributed by atoms with Crippen molar-refractivity contribution in [2.24, 2.45) is 21.7 Å². The van der Waals surface area contributed by atoms with E-state index in [1.54, 1.807) is 6.08 Å². The molecule has 6 heteroatoms. The van der Waals surface area contributed by atoms with Crippen molar-refractivity contribution >= 4 is 19.8 Å². The molecule has 4 nitrogen and oxygen atoms in total. The van der Waals surface area contributed by atoms with Gasteiger partial charge in [0, 0.05) is 5.57 Å². The maximum absolute atomic E-state index is 12.8. The van der Waals surface area contributed by atoms with E-state index in [1.165, 1.54) is 12.3 Å². The minimum atomic E-state index is -0.595. The first-order valence-corrected chi connectivity index (χ1v) is 5.00. The molecule has 0 aliphatic carbocycles. The van der Waals surface area contributed by atoms with E-state index in [0.717, 1.165) is 6.32 Å². The van der Waals surface area contributed by atoms with Crippen LogP contribution < -0.4 is 11.6 Å². The Balaban J connectivity index is 5.21. The maximum atomic E-state index is 12.8. The zero-order valence-electron chi connectivity index (χ0n) is 9.86. The van der Waals surface area contributed by atoms with Gasteiger partial charge in [-0.1, -0.05) is 31.6 Å². The Hall–Kier alpha value is -2.11. The Morgan fingerprint density at radius 2 is 2.06 bits per heavy atom. The summed E-state index contributed by atoms with van der Waals surface area (Å²) in [4.78, 5) is 3.75. The van der Waals surface area contributed by atoms with Gasteiger partial charge in [0.2, 0.25) is 0 Å². The van der Waals surface area contributed by atoms with Crippen LogP contribution in [0.15, 0.2) is 58.7 Å². The van der Waals surface area contributed by atoms with Gasteiger partial charge in [-0.3, -0.25) is 0 Å². The number of hydrogen-bond donors (Lipinski definition) is 2. The summed E-state index contributed by atoms with van der Waals surface area (Å²) in [5.74, 6) is 4.73. The lowest BCUT2D eigenvalue weighted by atomic mass is 10.0. The van der Waals surface area contributed by atoms with Crippen molar-refractivity contribution in [1.82, 2.24) is 0 Å². The van der Waals surface area contributed by atoms with Crippen LogP contribution in [0.2, 0.25) is 6.32 Å². The van der Waals surface area contributed by atoms with Crippen LogP contribution >= 0.6 is 0 Å². The van der Waals surface area contributed by atoms with Crippen molar-refractivity contribution in [3.05, 3.63) is 48.6 Å². The van der Waals surface area contributed by atoms with Crippen LogP contribution in [0.4, 0.5) is 4.39 Å². The highest BCUT2D eigenvalue weighted by Gasteiger charge is 2.02.